The lowest BCUT2D eigenvalue weighted by Gasteiger charge is -2.22. The maximum Gasteiger partial charge on any atom is 0.123 e. The van der Waals surface area contributed by atoms with E-state index in [-0.39, 0.29) is 5.82 Å². The van der Waals surface area contributed by atoms with Crippen molar-refractivity contribution in [2.45, 2.75) is 52.5 Å². The molecule has 0 bridgehead atoms. The average molecular weight is 251 g/mol. The Balaban J connectivity index is 2.59. The molecule has 2 atom stereocenters. The fourth-order valence-electron chi connectivity index (χ4n) is 2.19. The molecule has 1 N–H and O–H groups in total. The molecule has 0 aliphatic carbocycles. The molecule has 0 aliphatic heterocycles. The summed E-state index contributed by atoms with van der Waals surface area (Å²) in [5.41, 5.74) is 1.09. The normalized spacial score (nSPS) is 14.4. The van der Waals surface area contributed by atoms with Gasteiger partial charge in [-0.25, -0.2) is 4.39 Å². The number of halogens is 1. The molecule has 1 rings (SSSR count). The predicted molar refractivity (Wildman–Crippen MR) is 76.3 cm³/mol. The first-order chi connectivity index (χ1) is 8.65. The Labute approximate surface area is 111 Å². The van der Waals surface area contributed by atoms with E-state index >= 15 is 0 Å². The Bertz CT molecular complexity index is 338. The van der Waals surface area contributed by atoms with Crippen molar-refractivity contribution in [3.05, 3.63) is 35.6 Å². The summed E-state index contributed by atoms with van der Waals surface area (Å²) < 4.78 is 13.2. The fraction of sp³-hybridized carbons (Fsp3) is 0.625. The summed E-state index contributed by atoms with van der Waals surface area (Å²) in [5.74, 6) is 0.582. The minimum absolute atomic E-state index is 0.134. The second kappa shape index (κ2) is 8.25. The van der Waals surface area contributed by atoms with Crippen LogP contribution in [0.1, 0.15) is 45.6 Å². The quantitative estimate of drug-likeness (QED) is 0.731. The summed E-state index contributed by atoms with van der Waals surface area (Å²) in [5, 5.41) is 3.58. The van der Waals surface area contributed by atoms with Crippen LogP contribution in [0.15, 0.2) is 24.3 Å². The van der Waals surface area contributed by atoms with Gasteiger partial charge in [-0.2, -0.15) is 0 Å². The molecule has 0 fully saturated rings. The van der Waals surface area contributed by atoms with Gasteiger partial charge in [-0.1, -0.05) is 39.3 Å². The number of hydrogen-bond donors (Lipinski definition) is 1. The molecule has 0 radical (unpaired) electrons. The molecular formula is C16H26FN. The van der Waals surface area contributed by atoms with Crippen molar-refractivity contribution >= 4 is 0 Å². The molecule has 102 valence electrons. The molecule has 0 heterocycles. The van der Waals surface area contributed by atoms with Crippen molar-refractivity contribution in [2.24, 2.45) is 5.92 Å². The largest absolute Gasteiger partial charge is 0.314 e. The topological polar surface area (TPSA) is 12.0 Å². The van der Waals surface area contributed by atoms with Gasteiger partial charge in [0.15, 0.2) is 0 Å². The van der Waals surface area contributed by atoms with Crippen LogP contribution < -0.4 is 5.32 Å². The Morgan fingerprint density at radius 2 is 2.06 bits per heavy atom. The molecular weight excluding hydrogens is 225 g/mol. The zero-order valence-corrected chi connectivity index (χ0v) is 11.9. The monoisotopic (exact) mass is 251 g/mol. The van der Waals surface area contributed by atoms with Gasteiger partial charge in [0.25, 0.3) is 0 Å². The molecule has 2 unspecified atom stereocenters. The predicted octanol–water partition coefficient (Wildman–Crippen LogP) is 4.17. The Morgan fingerprint density at radius 3 is 2.67 bits per heavy atom. The van der Waals surface area contributed by atoms with Gasteiger partial charge in [0.1, 0.15) is 5.82 Å². The van der Waals surface area contributed by atoms with Crippen molar-refractivity contribution in [3.8, 4) is 0 Å². The smallest absolute Gasteiger partial charge is 0.123 e. The highest BCUT2D eigenvalue weighted by Crippen LogP contribution is 2.14. The van der Waals surface area contributed by atoms with E-state index in [1.54, 1.807) is 12.1 Å². The third kappa shape index (κ3) is 5.63. The Morgan fingerprint density at radius 1 is 1.28 bits per heavy atom. The first kappa shape index (κ1) is 15.2. The SMILES string of the molecule is CCCNC(Cc1cccc(F)c1)CC(C)CC. The molecule has 18 heavy (non-hydrogen) atoms. The molecule has 1 aromatic rings. The van der Waals surface area contributed by atoms with Crippen molar-refractivity contribution in [1.29, 1.82) is 0 Å². The Hall–Kier alpha value is -0.890. The Kier molecular flexibility index (Phi) is 6.96. The number of rotatable bonds is 8. The lowest BCUT2D eigenvalue weighted by atomic mass is 9.94. The minimum atomic E-state index is -0.134. The molecule has 0 saturated carbocycles. The highest BCUT2D eigenvalue weighted by Gasteiger charge is 2.12. The van der Waals surface area contributed by atoms with E-state index in [0.717, 1.165) is 31.4 Å². The van der Waals surface area contributed by atoms with Crippen LogP contribution >= 0.6 is 0 Å². The van der Waals surface area contributed by atoms with Crippen LogP contribution in [0.3, 0.4) is 0 Å². The van der Waals surface area contributed by atoms with Crippen molar-refractivity contribution in [2.75, 3.05) is 6.54 Å². The number of hydrogen-bond acceptors (Lipinski definition) is 1. The maximum atomic E-state index is 13.2. The van der Waals surface area contributed by atoms with Crippen molar-refractivity contribution in [1.82, 2.24) is 5.32 Å². The summed E-state index contributed by atoms with van der Waals surface area (Å²) >= 11 is 0. The molecule has 0 aliphatic rings. The van der Waals surface area contributed by atoms with E-state index in [1.165, 1.54) is 12.5 Å². The van der Waals surface area contributed by atoms with Gasteiger partial charge in [0, 0.05) is 6.04 Å². The van der Waals surface area contributed by atoms with Crippen LogP contribution in [0, 0.1) is 11.7 Å². The third-order valence-corrected chi connectivity index (χ3v) is 3.44. The molecule has 0 spiro atoms. The number of benzene rings is 1. The zero-order valence-electron chi connectivity index (χ0n) is 11.9. The van der Waals surface area contributed by atoms with E-state index < -0.39 is 0 Å². The molecule has 0 amide bonds. The lowest BCUT2D eigenvalue weighted by Crippen LogP contribution is -2.33. The number of nitrogens with one attached hydrogen (secondary N) is 1. The van der Waals surface area contributed by atoms with Gasteiger partial charge < -0.3 is 5.32 Å². The lowest BCUT2D eigenvalue weighted by molar-refractivity contribution is 0.391. The first-order valence-electron chi connectivity index (χ1n) is 7.13. The molecule has 0 saturated heterocycles. The van der Waals surface area contributed by atoms with Gasteiger partial charge in [-0.05, 0) is 49.4 Å². The van der Waals surface area contributed by atoms with Gasteiger partial charge in [0.2, 0.25) is 0 Å². The van der Waals surface area contributed by atoms with Crippen LogP contribution in [0.2, 0.25) is 0 Å². The fourth-order valence-corrected chi connectivity index (χ4v) is 2.19. The summed E-state index contributed by atoms with van der Waals surface area (Å²) in [6, 6.07) is 7.43. The van der Waals surface area contributed by atoms with Crippen LogP contribution in [0.25, 0.3) is 0 Å². The highest BCUT2D eigenvalue weighted by molar-refractivity contribution is 5.17. The third-order valence-electron chi connectivity index (χ3n) is 3.44. The van der Waals surface area contributed by atoms with Gasteiger partial charge in [-0.15, -0.1) is 0 Å². The van der Waals surface area contributed by atoms with E-state index in [4.69, 9.17) is 0 Å². The summed E-state index contributed by atoms with van der Waals surface area (Å²) in [6.07, 6.45) is 4.42. The van der Waals surface area contributed by atoms with E-state index in [1.807, 2.05) is 6.07 Å². The van der Waals surface area contributed by atoms with Gasteiger partial charge >= 0.3 is 0 Å². The summed E-state index contributed by atoms with van der Waals surface area (Å²) in [7, 11) is 0. The van der Waals surface area contributed by atoms with E-state index in [0.29, 0.717) is 12.0 Å². The molecule has 1 nitrogen and oxygen atoms in total. The molecule has 1 aromatic carbocycles. The van der Waals surface area contributed by atoms with Crippen LogP contribution in [-0.4, -0.2) is 12.6 Å². The molecule has 2 heteroatoms. The first-order valence-corrected chi connectivity index (χ1v) is 7.13. The maximum absolute atomic E-state index is 13.2. The summed E-state index contributed by atoms with van der Waals surface area (Å²) in [6.45, 7) is 7.72. The molecule has 0 aromatic heterocycles. The van der Waals surface area contributed by atoms with Crippen LogP contribution in [-0.2, 0) is 6.42 Å². The van der Waals surface area contributed by atoms with Crippen LogP contribution in [0.4, 0.5) is 4.39 Å². The van der Waals surface area contributed by atoms with Crippen molar-refractivity contribution in [3.63, 3.8) is 0 Å². The van der Waals surface area contributed by atoms with Gasteiger partial charge in [0.05, 0.1) is 0 Å². The van der Waals surface area contributed by atoms with E-state index in [2.05, 4.69) is 26.1 Å². The summed E-state index contributed by atoms with van der Waals surface area (Å²) in [4.78, 5) is 0. The van der Waals surface area contributed by atoms with Crippen LogP contribution in [0.5, 0.6) is 0 Å². The highest BCUT2D eigenvalue weighted by atomic mass is 19.1. The van der Waals surface area contributed by atoms with E-state index in [9.17, 15) is 4.39 Å². The van der Waals surface area contributed by atoms with Gasteiger partial charge in [-0.3, -0.25) is 0 Å². The average Bonchev–Trinajstić information content (AvgIpc) is 2.35. The van der Waals surface area contributed by atoms with Crippen molar-refractivity contribution < 1.29 is 4.39 Å². The second-order valence-corrected chi connectivity index (χ2v) is 5.23. The minimum Gasteiger partial charge on any atom is -0.314 e. The zero-order chi connectivity index (χ0) is 13.4. The standard InChI is InChI=1S/C16H26FN/c1-4-9-18-16(10-13(3)5-2)12-14-7-6-8-15(17)11-14/h6-8,11,13,16,18H,4-5,9-10,12H2,1-3H3. The second-order valence-electron chi connectivity index (χ2n) is 5.23.